The van der Waals surface area contributed by atoms with E-state index in [0.717, 1.165) is 24.9 Å². The summed E-state index contributed by atoms with van der Waals surface area (Å²) in [4.78, 5) is 12.3. The van der Waals surface area contributed by atoms with E-state index in [1.54, 1.807) is 6.08 Å². The monoisotopic (exact) mass is 229 g/mol. The zero-order chi connectivity index (χ0) is 12.3. The van der Waals surface area contributed by atoms with Gasteiger partial charge in [0.15, 0.2) is 5.78 Å². The van der Waals surface area contributed by atoms with Crippen LogP contribution in [0.5, 0.6) is 0 Å². The standard InChI is InChI=1S/C15H19NO/c1-3-16-15(11-7-6-10-14(15)17)13-9-5-4-8-12(13)2/h4-6,8-10,16H,3,7,11H2,1-2H3/t15-/m1/s1. The van der Waals surface area contributed by atoms with Crippen molar-refractivity contribution in [3.63, 3.8) is 0 Å². The van der Waals surface area contributed by atoms with Gasteiger partial charge in [-0.3, -0.25) is 4.79 Å². The number of likely N-dealkylation sites (N-methyl/N-ethyl adjacent to an activating group) is 1. The third kappa shape index (κ3) is 2.05. The van der Waals surface area contributed by atoms with Crippen molar-refractivity contribution in [3.05, 3.63) is 47.5 Å². The molecular formula is C15H19NO. The Kier molecular flexibility index (Phi) is 3.43. The molecule has 1 atom stereocenters. The van der Waals surface area contributed by atoms with Gasteiger partial charge in [-0.15, -0.1) is 0 Å². The third-order valence-electron chi connectivity index (χ3n) is 3.46. The lowest BCUT2D eigenvalue weighted by atomic mass is 9.77. The minimum absolute atomic E-state index is 0.180. The van der Waals surface area contributed by atoms with Crippen LogP contribution in [0.25, 0.3) is 0 Å². The molecule has 1 aliphatic rings. The number of benzene rings is 1. The summed E-state index contributed by atoms with van der Waals surface area (Å²) in [5.74, 6) is 0.180. The van der Waals surface area contributed by atoms with E-state index < -0.39 is 5.54 Å². The second-order valence-corrected chi connectivity index (χ2v) is 4.56. The molecule has 0 heterocycles. The van der Waals surface area contributed by atoms with E-state index in [2.05, 4.69) is 24.4 Å². The molecule has 0 fully saturated rings. The van der Waals surface area contributed by atoms with Crippen molar-refractivity contribution < 1.29 is 4.79 Å². The summed E-state index contributed by atoms with van der Waals surface area (Å²) < 4.78 is 0. The molecule has 0 unspecified atom stereocenters. The molecule has 0 radical (unpaired) electrons. The van der Waals surface area contributed by atoms with Gasteiger partial charge in [0.05, 0.1) is 0 Å². The Morgan fingerprint density at radius 1 is 1.35 bits per heavy atom. The molecule has 0 saturated carbocycles. The van der Waals surface area contributed by atoms with Crippen LogP contribution in [0, 0.1) is 6.92 Å². The van der Waals surface area contributed by atoms with Crippen LogP contribution < -0.4 is 5.32 Å². The van der Waals surface area contributed by atoms with Crippen LogP contribution in [0.3, 0.4) is 0 Å². The molecule has 0 saturated heterocycles. The quantitative estimate of drug-likeness (QED) is 0.863. The number of hydrogen-bond donors (Lipinski definition) is 1. The zero-order valence-electron chi connectivity index (χ0n) is 10.5. The van der Waals surface area contributed by atoms with Crippen LogP contribution >= 0.6 is 0 Å². The van der Waals surface area contributed by atoms with Crippen molar-refractivity contribution in [1.82, 2.24) is 5.32 Å². The summed E-state index contributed by atoms with van der Waals surface area (Å²) in [6.45, 7) is 4.92. The Hall–Kier alpha value is -1.41. The molecule has 17 heavy (non-hydrogen) atoms. The second kappa shape index (κ2) is 4.84. The number of ketones is 1. The molecule has 0 bridgehead atoms. The highest BCUT2D eigenvalue weighted by molar-refractivity contribution is 5.99. The van der Waals surface area contributed by atoms with Crippen molar-refractivity contribution in [2.45, 2.75) is 32.2 Å². The predicted molar refractivity (Wildman–Crippen MR) is 69.9 cm³/mol. The molecule has 1 aromatic carbocycles. The minimum atomic E-state index is -0.505. The van der Waals surface area contributed by atoms with Crippen molar-refractivity contribution in [3.8, 4) is 0 Å². The predicted octanol–water partition coefficient (Wildman–Crippen LogP) is 2.72. The van der Waals surface area contributed by atoms with Crippen LogP contribution in [0.2, 0.25) is 0 Å². The van der Waals surface area contributed by atoms with E-state index in [1.807, 2.05) is 25.1 Å². The van der Waals surface area contributed by atoms with Gasteiger partial charge >= 0.3 is 0 Å². The first-order valence-corrected chi connectivity index (χ1v) is 6.23. The topological polar surface area (TPSA) is 29.1 Å². The largest absolute Gasteiger partial charge is 0.301 e. The maximum Gasteiger partial charge on any atom is 0.179 e. The molecule has 0 aliphatic heterocycles. The van der Waals surface area contributed by atoms with Gasteiger partial charge < -0.3 is 5.32 Å². The first-order valence-electron chi connectivity index (χ1n) is 6.23. The van der Waals surface area contributed by atoms with Crippen LogP contribution in [0.15, 0.2) is 36.4 Å². The number of carbonyl (C=O) groups excluding carboxylic acids is 1. The first-order chi connectivity index (χ1) is 8.20. The highest BCUT2D eigenvalue weighted by Crippen LogP contribution is 2.33. The van der Waals surface area contributed by atoms with Crippen molar-refractivity contribution in [2.24, 2.45) is 0 Å². The Labute approximate surface area is 103 Å². The maximum atomic E-state index is 12.3. The second-order valence-electron chi connectivity index (χ2n) is 4.56. The van der Waals surface area contributed by atoms with E-state index in [0.29, 0.717) is 0 Å². The van der Waals surface area contributed by atoms with Crippen LogP contribution in [-0.2, 0) is 10.3 Å². The van der Waals surface area contributed by atoms with E-state index in [9.17, 15) is 4.79 Å². The Bertz CT molecular complexity index is 450. The average Bonchev–Trinajstić information content (AvgIpc) is 2.33. The summed E-state index contributed by atoms with van der Waals surface area (Å²) in [6.07, 6.45) is 5.49. The highest BCUT2D eigenvalue weighted by Gasteiger charge is 2.39. The van der Waals surface area contributed by atoms with Gasteiger partial charge in [-0.05, 0) is 43.5 Å². The number of nitrogens with one attached hydrogen (secondary N) is 1. The molecule has 0 amide bonds. The maximum absolute atomic E-state index is 12.3. The minimum Gasteiger partial charge on any atom is -0.301 e. The van der Waals surface area contributed by atoms with Crippen LogP contribution in [0.4, 0.5) is 0 Å². The molecule has 2 rings (SSSR count). The lowest BCUT2D eigenvalue weighted by Gasteiger charge is -2.35. The molecule has 1 aromatic rings. The molecule has 2 heteroatoms. The fourth-order valence-electron chi connectivity index (χ4n) is 2.65. The van der Waals surface area contributed by atoms with Crippen molar-refractivity contribution in [2.75, 3.05) is 6.54 Å². The van der Waals surface area contributed by atoms with Crippen LogP contribution in [0.1, 0.15) is 30.9 Å². The lowest BCUT2D eigenvalue weighted by molar-refractivity contribution is -0.121. The van der Waals surface area contributed by atoms with E-state index >= 15 is 0 Å². The van der Waals surface area contributed by atoms with Gasteiger partial charge in [-0.1, -0.05) is 37.3 Å². The number of allylic oxidation sites excluding steroid dienone is 1. The van der Waals surface area contributed by atoms with E-state index in [1.165, 1.54) is 5.56 Å². The van der Waals surface area contributed by atoms with Crippen LogP contribution in [-0.4, -0.2) is 12.3 Å². The molecular weight excluding hydrogens is 210 g/mol. The molecule has 1 aliphatic carbocycles. The number of hydrogen-bond acceptors (Lipinski definition) is 2. The Morgan fingerprint density at radius 2 is 2.12 bits per heavy atom. The van der Waals surface area contributed by atoms with Gasteiger partial charge in [0.1, 0.15) is 5.54 Å². The van der Waals surface area contributed by atoms with Crippen molar-refractivity contribution >= 4 is 5.78 Å². The number of aryl methyl sites for hydroxylation is 1. The van der Waals surface area contributed by atoms with Gasteiger partial charge in [-0.25, -0.2) is 0 Å². The van der Waals surface area contributed by atoms with Gasteiger partial charge in [0.2, 0.25) is 0 Å². The number of carbonyl (C=O) groups is 1. The summed E-state index contributed by atoms with van der Waals surface area (Å²) >= 11 is 0. The average molecular weight is 229 g/mol. The van der Waals surface area contributed by atoms with Gasteiger partial charge in [-0.2, -0.15) is 0 Å². The summed E-state index contributed by atoms with van der Waals surface area (Å²) in [5.41, 5.74) is 1.79. The van der Waals surface area contributed by atoms with E-state index in [-0.39, 0.29) is 5.78 Å². The van der Waals surface area contributed by atoms with E-state index in [4.69, 9.17) is 0 Å². The summed E-state index contributed by atoms with van der Waals surface area (Å²) in [7, 11) is 0. The zero-order valence-corrected chi connectivity index (χ0v) is 10.5. The lowest BCUT2D eigenvalue weighted by Crippen LogP contribution is -2.50. The van der Waals surface area contributed by atoms with Gasteiger partial charge in [0, 0.05) is 0 Å². The highest BCUT2D eigenvalue weighted by atomic mass is 16.1. The molecule has 90 valence electrons. The molecule has 0 spiro atoms. The Balaban J connectivity index is 2.52. The molecule has 0 aromatic heterocycles. The molecule has 1 N–H and O–H groups in total. The normalized spacial score (nSPS) is 24.0. The fraction of sp³-hybridized carbons (Fsp3) is 0.400. The first kappa shape index (κ1) is 12.1. The fourth-order valence-corrected chi connectivity index (χ4v) is 2.65. The number of rotatable bonds is 3. The summed E-state index contributed by atoms with van der Waals surface area (Å²) in [6, 6.07) is 8.16. The summed E-state index contributed by atoms with van der Waals surface area (Å²) in [5, 5.41) is 3.40. The smallest absolute Gasteiger partial charge is 0.179 e. The Morgan fingerprint density at radius 3 is 2.76 bits per heavy atom. The van der Waals surface area contributed by atoms with Crippen molar-refractivity contribution in [1.29, 1.82) is 0 Å². The van der Waals surface area contributed by atoms with Gasteiger partial charge in [0.25, 0.3) is 0 Å². The molecule has 2 nitrogen and oxygen atoms in total. The SMILES string of the molecule is CCN[C@@]1(c2ccccc2C)CCC=CC1=O. The third-order valence-corrected chi connectivity index (χ3v) is 3.46.